The Morgan fingerprint density at radius 2 is 1.71 bits per heavy atom. The molecule has 0 bridgehead atoms. The number of aryl methyl sites for hydroxylation is 1. The standard InChI is InChI=1S/C29H40N2O3/c1-18-10-12-22(13-11-18)25-20(3)23-15-30(17-31-14-8-9-19(31)2)16-24(23)21(4)26(25)27(28(32)33)34-29(5,6)7/h10-13,19,27H,8-9,14-17H2,1-7H3,(H,32,33)/t19-,27-/m0/s1. The normalized spacial score (nSPS) is 20.0. The Bertz CT molecular complexity index is 1070. The Hall–Kier alpha value is -2.21. The maximum absolute atomic E-state index is 12.6. The van der Waals surface area contributed by atoms with Gasteiger partial charge in [-0.2, -0.15) is 0 Å². The molecule has 0 amide bonds. The van der Waals surface area contributed by atoms with Crippen LogP contribution in [0.5, 0.6) is 0 Å². The summed E-state index contributed by atoms with van der Waals surface area (Å²) in [6.45, 7) is 18.3. The maximum atomic E-state index is 12.6. The highest BCUT2D eigenvalue weighted by atomic mass is 16.5. The molecule has 184 valence electrons. The summed E-state index contributed by atoms with van der Waals surface area (Å²) in [6, 6.07) is 9.05. The Kier molecular flexibility index (Phi) is 6.92. The van der Waals surface area contributed by atoms with E-state index in [1.54, 1.807) is 0 Å². The second kappa shape index (κ2) is 9.44. The Balaban J connectivity index is 1.84. The summed E-state index contributed by atoms with van der Waals surface area (Å²) in [5, 5.41) is 10.3. The highest BCUT2D eigenvalue weighted by Crippen LogP contribution is 2.43. The number of likely N-dealkylation sites (tertiary alicyclic amines) is 1. The highest BCUT2D eigenvalue weighted by molar-refractivity contribution is 5.84. The number of aliphatic carboxylic acids is 1. The second-order valence-electron chi connectivity index (χ2n) is 11.2. The fourth-order valence-corrected chi connectivity index (χ4v) is 5.65. The number of ether oxygens (including phenoxy) is 1. The van der Waals surface area contributed by atoms with E-state index < -0.39 is 17.7 Å². The topological polar surface area (TPSA) is 53.0 Å². The van der Waals surface area contributed by atoms with Crippen LogP contribution < -0.4 is 0 Å². The van der Waals surface area contributed by atoms with Crippen molar-refractivity contribution in [3.8, 4) is 11.1 Å². The third kappa shape index (κ3) is 4.93. The van der Waals surface area contributed by atoms with Crippen molar-refractivity contribution in [1.29, 1.82) is 0 Å². The number of nitrogens with zero attached hydrogens (tertiary/aromatic N) is 2. The Morgan fingerprint density at radius 3 is 2.24 bits per heavy atom. The molecule has 0 aromatic heterocycles. The third-order valence-corrected chi connectivity index (χ3v) is 7.45. The van der Waals surface area contributed by atoms with Crippen LogP contribution in [0.1, 0.15) is 80.0 Å². The third-order valence-electron chi connectivity index (χ3n) is 7.45. The van der Waals surface area contributed by atoms with Gasteiger partial charge in [0.15, 0.2) is 6.10 Å². The lowest BCUT2D eigenvalue weighted by atomic mass is 9.83. The molecule has 5 heteroatoms. The molecule has 0 radical (unpaired) electrons. The fraction of sp³-hybridized carbons (Fsp3) is 0.552. The zero-order chi connectivity index (χ0) is 24.8. The number of carboxylic acids is 1. The van der Waals surface area contributed by atoms with Gasteiger partial charge in [0, 0.05) is 24.7 Å². The summed E-state index contributed by atoms with van der Waals surface area (Å²) in [5.74, 6) is -0.938. The molecule has 0 aliphatic carbocycles. The SMILES string of the molecule is Cc1ccc(-c2c(C)c3c(c(C)c2[C@H](OC(C)(C)C)C(=O)O)CN(CN2CCC[C@@H]2C)C3)cc1. The van der Waals surface area contributed by atoms with Gasteiger partial charge < -0.3 is 9.84 Å². The molecule has 4 rings (SSSR count). The van der Waals surface area contributed by atoms with Gasteiger partial charge in [-0.1, -0.05) is 29.8 Å². The molecule has 2 aliphatic rings. The van der Waals surface area contributed by atoms with Crippen molar-refractivity contribution >= 4 is 5.97 Å². The second-order valence-corrected chi connectivity index (χ2v) is 11.2. The van der Waals surface area contributed by atoms with Crippen molar-refractivity contribution in [3.63, 3.8) is 0 Å². The maximum Gasteiger partial charge on any atom is 0.337 e. The number of carboxylic acid groups (broad SMARTS) is 1. The zero-order valence-electron chi connectivity index (χ0n) is 21.9. The smallest absolute Gasteiger partial charge is 0.337 e. The van der Waals surface area contributed by atoms with Crippen molar-refractivity contribution < 1.29 is 14.6 Å². The largest absolute Gasteiger partial charge is 0.479 e. The first kappa shape index (κ1) is 24.9. The van der Waals surface area contributed by atoms with E-state index in [2.05, 4.69) is 61.8 Å². The molecule has 1 saturated heterocycles. The van der Waals surface area contributed by atoms with E-state index >= 15 is 0 Å². The lowest BCUT2D eigenvalue weighted by Gasteiger charge is -2.30. The van der Waals surface area contributed by atoms with Crippen molar-refractivity contribution in [2.75, 3.05) is 13.2 Å². The van der Waals surface area contributed by atoms with Crippen LogP contribution in [-0.2, 0) is 22.6 Å². The van der Waals surface area contributed by atoms with E-state index in [1.807, 2.05) is 20.8 Å². The first-order valence-electron chi connectivity index (χ1n) is 12.5. The number of fused-ring (bicyclic) bond motifs is 1. The summed E-state index contributed by atoms with van der Waals surface area (Å²) < 4.78 is 6.19. The number of hydrogen-bond donors (Lipinski definition) is 1. The molecule has 2 aromatic rings. The van der Waals surface area contributed by atoms with Crippen LogP contribution >= 0.6 is 0 Å². The van der Waals surface area contributed by atoms with Crippen LogP contribution in [0.3, 0.4) is 0 Å². The summed E-state index contributed by atoms with van der Waals surface area (Å²) in [6.07, 6.45) is 1.52. The molecule has 2 heterocycles. The summed E-state index contributed by atoms with van der Waals surface area (Å²) >= 11 is 0. The van der Waals surface area contributed by atoms with Crippen LogP contribution in [0.15, 0.2) is 24.3 Å². The van der Waals surface area contributed by atoms with Crippen LogP contribution in [0.4, 0.5) is 0 Å². The predicted octanol–water partition coefficient (Wildman–Crippen LogP) is 5.98. The summed E-state index contributed by atoms with van der Waals surface area (Å²) in [7, 11) is 0. The van der Waals surface area contributed by atoms with Crippen molar-refractivity contribution in [3.05, 3.63) is 57.6 Å². The minimum absolute atomic E-state index is 0.578. The van der Waals surface area contributed by atoms with E-state index in [1.165, 1.54) is 35.1 Å². The molecule has 2 atom stereocenters. The predicted molar refractivity (Wildman–Crippen MR) is 137 cm³/mol. The molecule has 2 aromatic carbocycles. The average molecular weight is 465 g/mol. The molecular formula is C29H40N2O3. The lowest BCUT2D eigenvalue weighted by molar-refractivity contribution is -0.160. The molecule has 5 nitrogen and oxygen atoms in total. The quantitative estimate of drug-likeness (QED) is 0.570. The van der Waals surface area contributed by atoms with E-state index in [9.17, 15) is 9.90 Å². The Labute approximate surface area is 204 Å². The highest BCUT2D eigenvalue weighted by Gasteiger charge is 2.36. The first-order valence-corrected chi connectivity index (χ1v) is 12.5. The molecule has 34 heavy (non-hydrogen) atoms. The van der Waals surface area contributed by atoms with Crippen molar-refractivity contribution in [1.82, 2.24) is 9.80 Å². The molecular weight excluding hydrogens is 424 g/mol. The lowest BCUT2D eigenvalue weighted by Crippen LogP contribution is -2.37. The van der Waals surface area contributed by atoms with E-state index in [0.29, 0.717) is 6.04 Å². The van der Waals surface area contributed by atoms with E-state index in [-0.39, 0.29) is 0 Å². The monoisotopic (exact) mass is 464 g/mol. The van der Waals surface area contributed by atoms with Crippen molar-refractivity contribution in [2.24, 2.45) is 0 Å². The van der Waals surface area contributed by atoms with E-state index in [4.69, 9.17) is 4.74 Å². The molecule has 0 saturated carbocycles. The molecule has 1 N–H and O–H groups in total. The fourth-order valence-electron chi connectivity index (χ4n) is 5.65. The molecule has 1 fully saturated rings. The van der Waals surface area contributed by atoms with Gasteiger partial charge in [-0.3, -0.25) is 9.80 Å². The molecule has 0 spiro atoms. The minimum atomic E-state index is -1.02. The zero-order valence-corrected chi connectivity index (χ0v) is 21.9. The van der Waals surface area contributed by atoms with Gasteiger partial charge >= 0.3 is 5.97 Å². The van der Waals surface area contributed by atoms with Gasteiger partial charge in [-0.15, -0.1) is 0 Å². The van der Waals surface area contributed by atoms with Gasteiger partial charge in [0.05, 0.1) is 12.3 Å². The van der Waals surface area contributed by atoms with Gasteiger partial charge in [0.2, 0.25) is 0 Å². The first-order chi connectivity index (χ1) is 16.0. The number of benzene rings is 2. The Morgan fingerprint density at radius 1 is 1.09 bits per heavy atom. The average Bonchev–Trinajstić information content (AvgIpc) is 3.36. The van der Waals surface area contributed by atoms with Gasteiger partial charge in [-0.25, -0.2) is 4.79 Å². The summed E-state index contributed by atoms with van der Waals surface area (Å²) in [5.41, 5.74) is 8.35. The minimum Gasteiger partial charge on any atom is -0.479 e. The summed E-state index contributed by atoms with van der Waals surface area (Å²) in [4.78, 5) is 17.6. The van der Waals surface area contributed by atoms with Crippen LogP contribution in [0.25, 0.3) is 11.1 Å². The van der Waals surface area contributed by atoms with Crippen LogP contribution in [0, 0.1) is 20.8 Å². The molecule has 2 aliphatic heterocycles. The van der Waals surface area contributed by atoms with Gasteiger partial charge in [-0.05, 0) is 101 Å². The van der Waals surface area contributed by atoms with Crippen LogP contribution in [0.2, 0.25) is 0 Å². The van der Waals surface area contributed by atoms with Gasteiger partial charge in [0.25, 0.3) is 0 Å². The van der Waals surface area contributed by atoms with E-state index in [0.717, 1.165) is 48.6 Å². The van der Waals surface area contributed by atoms with Crippen LogP contribution in [-0.4, -0.2) is 45.7 Å². The number of rotatable bonds is 6. The van der Waals surface area contributed by atoms with Crippen molar-refractivity contribution in [2.45, 2.75) is 92.1 Å². The number of carbonyl (C=O) groups is 1. The van der Waals surface area contributed by atoms with Gasteiger partial charge in [0.1, 0.15) is 0 Å². The number of hydrogen-bond acceptors (Lipinski definition) is 4. The molecule has 0 unspecified atom stereocenters.